The monoisotopic (exact) mass is 356 g/mol. The van der Waals surface area contributed by atoms with Gasteiger partial charge in [-0.1, -0.05) is 41.9 Å². The summed E-state index contributed by atoms with van der Waals surface area (Å²) in [4.78, 5) is 0. The molecule has 0 aliphatic heterocycles. The molecule has 0 heterocycles. The van der Waals surface area contributed by atoms with E-state index in [1.807, 2.05) is 54.6 Å². The fourth-order valence-corrected chi connectivity index (χ4v) is 2.13. The van der Waals surface area contributed by atoms with Gasteiger partial charge in [0.15, 0.2) is 0 Å². The number of benzene rings is 2. The molecule has 126 valence electrons. The van der Waals surface area contributed by atoms with Crippen molar-refractivity contribution in [1.82, 2.24) is 5.32 Å². The van der Waals surface area contributed by atoms with Crippen LogP contribution in [0.1, 0.15) is 0 Å². The van der Waals surface area contributed by atoms with Gasteiger partial charge >= 0.3 is 0 Å². The summed E-state index contributed by atoms with van der Waals surface area (Å²) in [5, 5.41) is 17.0. The van der Waals surface area contributed by atoms with Gasteiger partial charge in [-0.3, -0.25) is 0 Å². The lowest BCUT2D eigenvalue weighted by atomic mass is 10.3. The average Bonchev–Trinajstić information content (AvgIpc) is 2.55. The van der Waals surface area contributed by atoms with Crippen LogP contribution in [-0.4, -0.2) is 37.5 Å². The van der Waals surface area contributed by atoms with Crippen LogP contribution in [0.5, 0.6) is 5.75 Å². The van der Waals surface area contributed by atoms with E-state index in [4.69, 9.17) is 16.3 Å². The topological polar surface area (TPSA) is 53.5 Å². The lowest BCUT2D eigenvalue weighted by Gasteiger charge is -2.14. The third kappa shape index (κ3) is 7.57. The molecule has 0 aliphatic carbocycles. The number of aliphatic hydroxyl groups excluding tert-OH is 1. The highest BCUT2D eigenvalue weighted by Gasteiger charge is 2.04. The molecule has 0 amide bonds. The smallest absolute Gasteiger partial charge is 0.119 e. The highest BCUT2D eigenvalue weighted by atomic mass is 35.5. The van der Waals surface area contributed by atoms with Gasteiger partial charge in [0.1, 0.15) is 18.5 Å². The molecule has 0 spiro atoms. The molecule has 0 fully saturated rings. The number of hydrogen-bond acceptors (Lipinski definition) is 4. The minimum atomic E-state index is -0.541. The van der Waals surface area contributed by atoms with Crippen molar-refractivity contribution < 1.29 is 9.84 Å². The molecule has 1 unspecified atom stereocenters. The number of para-hydroxylation sites is 2. The summed E-state index contributed by atoms with van der Waals surface area (Å²) in [5.41, 5.74) is 0.916. The van der Waals surface area contributed by atoms with Gasteiger partial charge in [-0.15, -0.1) is 12.4 Å². The van der Waals surface area contributed by atoms with E-state index in [-0.39, 0.29) is 19.0 Å². The van der Waals surface area contributed by atoms with E-state index in [1.54, 1.807) is 0 Å². The molecule has 1 atom stereocenters. The molecule has 4 nitrogen and oxygen atoms in total. The van der Waals surface area contributed by atoms with Gasteiger partial charge in [0.25, 0.3) is 0 Å². The van der Waals surface area contributed by atoms with Crippen LogP contribution >= 0.6 is 24.0 Å². The minimum Gasteiger partial charge on any atom is -0.491 e. The number of anilines is 1. The molecular formula is C17H22Cl2N2O2. The molecule has 2 aromatic carbocycles. The predicted octanol–water partition coefficient (Wildman–Crippen LogP) is 3.20. The van der Waals surface area contributed by atoms with Crippen molar-refractivity contribution in [2.24, 2.45) is 0 Å². The molecule has 2 rings (SSSR count). The first kappa shape index (κ1) is 19.6. The van der Waals surface area contributed by atoms with E-state index in [2.05, 4.69) is 10.6 Å². The fourth-order valence-electron chi connectivity index (χ4n) is 1.93. The SMILES string of the molecule is Cl.OC(CNCCNc1ccccc1Cl)COc1ccccc1. The molecule has 0 aromatic heterocycles. The van der Waals surface area contributed by atoms with Gasteiger partial charge in [-0.05, 0) is 24.3 Å². The Labute approximate surface area is 148 Å². The second-order valence-electron chi connectivity index (χ2n) is 4.89. The summed E-state index contributed by atoms with van der Waals surface area (Å²) in [6.07, 6.45) is -0.541. The summed E-state index contributed by atoms with van der Waals surface area (Å²) in [7, 11) is 0. The molecule has 0 radical (unpaired) electrons. The Morgan fingerprint density at radius 3 is 2.43 bits per heavy atom. The number of rotatable bonds is 9. The average molecular weight is 357 g/mol. The van der Waals surface area contributed by atoms with Crippen molar-refractivity contribution in [2.75, 3.05) is 31.6 Å². The van der Waals surface area contributed by atoms with E-state index in [0.29, 0.717) is 11.6 Å². The van der Waals surface area contributed by atoms with Gasteiger partial charge in [-0.25, -0.2) is 0 Å². The van der Waals surface area contributed by atoms with Crippen LogP contribution in [0.4, 0.5) is 5.69 Å². The van der Waals surface area contributed by atoms with Gasteiger partial charge in [0, 0.05) is 19.6 Å². The molecule has 6 heteroatoms. The highest BCUT2D eigenvalue weighted by molar-refractivity contribution is 6.33. The summed E-state index contributed by atoms with van der Waals surface area (Å²) < 4.78 is 5.49. The maximum absolute atomic E-state index is 9.84. The molecule has 2 aromatic rings. The van der Waals surface area contributed by atoms with E-state index < -0.39 is 6.10 Å². The van der Waals surface area contributed by atoms with Crippen molar-refractivity contribution >= 4 is 29.7 Å². The predicted molar refractivity (Wildman–Crippen MR) is 98.0 cm³/mol. The third-order valence-corrected chi connectivity index (χ3v) is 3.39. The zero-order chi connectivity index (χ0) is 15.6. The number of aliphatic hydroxyl groups is 1. The zero-order valence-electron chi connectivity index (χ0n) is 12.7. The van der Waals surface area contributed by atoms with Gasteiger partial charge < -0.3 is 20.5 Å². The van der Waals surface area contributed by atoms with E-state index >= 15 is 0 Å². The van der Waals surface area contributed by atoms with Crippen molar-refractivity contribution in [3.05, 3.63) is 59.6 Å². The van der Waals surface area contributed by atoms with Crippen LogP contribution < -0.4 is 15.4 Å². The van der Waals surface area contributed by atoms with Crippen molar-refractivity contribution in [3.8, 4) is 5.75 Å². The van der Waals surface area contributed by atoms with E-state index in [9.17, 15) is 5.11 Å². The van der Waals surface area contributed by atoms with E-state index in [1.165, 1.54) is 0 Å². The minimum absolute atomic E-state index is 0. The maximum atomic E-state index is 9.84. The normalized spacial score (nSPS) is 11.4. The Bertz CT molecular complexity index is 555. The van der Waals surface area contributed by atoms with E-state index in [0.717, 1.165) is 24.5 Å². The molecule has 3 N–H and O–H groups in total. The van der Waals surface area contributed by atoms with Crippen molar-refractivity contribution in [2.45, 2.75) is 6.10 Å². The Balaban J connectivity index is 0.00000264. The third-order valence-electron chi connectivity index (χ3n) is 3.06. The van der Waals surface area contributed by atoms with Crippen molar-refractivity contribution in [3.63, 3.8) is 0 Å². The Morgan fingerprint density at radius 1 is 1.00 bits per heavy atom. The lowest BCUT2D eigenvalue weighted by Crippen LogP contribution is -2.34. The Hall–Kier alpha value is -1.46. The first-order chi connectivity index (χ1) is 10.8. The molecular weight excluding hydrogens is 335 g/mol. The summed E-state index contributed by atoms with van der Waals surface area (Å²) in [6.45, 7) is 2.22. The lowest BCUT2D eigenvalue weighted by molar-refractivity contribution is 0.107. The summed E-state index contributed by atoms with van der Waals surface area (Å²) >= 11 is 6.05. The Morgan fingerprint density at radius 2 is 1.70 bits per heavy atom. The fraction of sp³-hybridized carbons (Fsp3) is 0.294. The van der Waals surface area contributed by atoms with Crippen LogP contribution in [0.15, 0.2) is 54.6 Å². The van der Waals surface area contributed by atoms with Crippen LogP contribution in [0, 0.1) is 0 Å². The molecule has 0 bridgehead atoms. The summed E-state index contributed by atoms with van der Waals surface area (Å²) in [5.74, 6) is 0.766. The number of halogens is 2. The summed E-state index contributed by atoms with van der Waals surface area (Å²) in [6, 6.07) is 17.1. The van der Waals surface area contributed by atoms with Crippen molar-refractivity contribution in [1.29, 1.82) is 0 Å². The van der Waals surface area contributed by atoms with Crippen LogP contribution in [0.3, 0.4) is 0 Å². The molecule has 0 saturated carbocycles. The van der Waals surface area contributed by atoms with Gasteiger partial charge in [-0.2, -0.15) is 0 Å². The second kappa shape index (κ2) is 11.1. The molecule has 23 heavy (non-hydrogen) atoms. The second-order valence-corrected chi connectivity index (χ2v) is 5.30. The first-order valence-electron chi connectivity index (χ1n) is 7.31. The quantitative estimate of drug-likeness (QED) is 0.604. The van der Waals surface area contributed by atoms with Crippen LogP contribution in [0.25, 0.3) is 0 Å². The Kier molecular flexibility index (Phi) is 9.48. The van der Waals surface area contributed by atoms with Crippen LogP contribution in [-0.2, 0) is 0 Å². The largest absolute Gasteiger partial charge is 0.491 e. The molecule has 0 saturated heterocycles. The number of ether oxygens (including phenoxy) is 1. The first-order valence-corrected chi connectivity index (χ1v) is 7.68. The van der Waals surface area contributed by atoms with Crippen LogP contribution in [0.2, 0.25) is 5.02 Å². The maximum Gasteiger partial charge on any atom is 0.119 e. The van der Waals surface area contributed by atoms with Gasteiger partial charge in [0.2, 0.25) is 0 Å². The molecule has 0 aliphatic rings. The highest BCUT2D eigenvalue weighted by Crippen LogP contribution is 2.19. The number of hydrogen-bond donors (Lipinski definition) is 3. The standard InChI is InChI=1S/C17H21ClN2O2.ClH/c18-16-8-4-5-9-17(16)20-11-10-19-12-14(21)13-22-15-6-2-1-3-7-15;/h1-9,14,19-21H,10-13H2;1H. The van der Waals surface area contributed by atoms with Gasteiger partial charge in [0.05, 0.1) is 10.7 Å². The zero-order valence-corrected chi connectivity index (χ0v) is 14.3. The number of nitrogens with one attached hydrogen (secondary N) is 2.